The van der Waals surface area contributed by atoms with Crippen molar-refractivity contribution in [3.63, 3.8) is 0 Å². The fourth-order valence-electron chi connectivity index (χ4n) is 3.53. The molecule has 1 aliphatic heterocycles. The minimum Gasteiger partial charge on any atom is -0.481 e. The summed E-state index contributed by atoms with van der Waals surface area (Å²) in [5.74, 6) is -0.785. The molecule has 102 valence electrons. The summed E-state index contributed by atoms with van der Waals surface area (Å²) in [6.45, 7) is 1.80. The van der Waals surface area contributed by atoms with Gasteiger partial charge < -0.3 is 5.11 Å². The zero-order valence-electron chi connectivity index (χ0n) is 11.2. The molecule has 3 nitrogen and oxygen atoms in total. The second kappa shape index (κ2) is 5.33. The van der Waals surface area contributed by atoms with E-state index in [0.717, 1.165) is 38.8 Å². The summed E-state index contributed by atoms with van der Waals surface area (Å²) in [5.41, 5.74) is 2.93. The summed E-state index contributed by atoms with van der Waals surface area (Å²) in [4.78, 5) is 13.6. The Labute approximate surface area is 114 Å². The molecule has 3 rings (SSSR count). The predicted octanol–water partition coefficient (Wildman–Crippen LogP) is 2.34. The van der Waals surface area contributed by atoms with E-state index in [1.54, 1.807) is 0 Å². The number of benzene rings is 1. The first-order chi connectivity index (χ1) is 9.24. The average molecular weight is 259 g/mol. The Morgan fingerprint density at radius 1 is 1.21 bits per heavy atom. The molecule has 2 atom stereocenters. The van der Waals surface area contributed by atoms with Gasteiger partial charge in [0.2, 0.25) is 0 Å². The molecule has 1 saturated heterocycles. The maximum atomic E-state index is 11.2. The Morgan fingerprint density at radius 3 is 2.79 bits per heavy atom. The van der Waals surface area contributed by atoms with Gasteiger partial charge in [-0.25, -0.2) is 0 Å². The van der Waals surface area contributed by atoms with Gasteiger partial charge in [-0.15, -0.1) is 0 Å². The van der Waals surface area contributed by atoms with Crippen molar-refractivity contribution in [3.8, 4) is 0 Å². The maximum absolute atomic E-state index is 11.2. The van der Waals surface area contributed by atoms with E-state index in [1.807, 2.05) is 0 Å². The summed E-state index contributed by atoms with van der Waals surface area (Å²) in [6.07, 6.45) is 5.26. The lowest BCUT2D eigenvalue weighted by atomic mass is 9.86. The summed E-state index contributed by atoms with van der Waals surface area (Å²) in [5, 5.41) is 9.19. The molecule has 0 radical (unpaired) electrons. The van der Waals surface area contributed by atoms with Crippen LogP contribution in [0.3, 0.4) is 0 Å². The van der Waals surface area contributed by atoms with Crippen LogP contribution in [0.15, 0.2) is 24.3 Å². The molecule has 1 aromatic rings. The lowest BCUT2D eigenvalue weighted by molar-refractivity contribution is -0.144. The van der Waals surface area contributed by atoms with Crippen LogP contribution in [-0.4, -0.2) is 35.1 Å². The van der Waals surface area contributed by atoms with Gasteiger partial charge in [0, 0.05) is 12.6 Å². The predicted molar refractivity (Wildman–Crippen MR) is 74.2 cm³/mol. The number of aryl methyl sites for hydroxylation is 1. The Balaban J connectivity index is 1.69. The maximum Gasteiger partial charge on any atom is 0.307 e. The zero-order valence-corrected chi connectivity index (χ0v) is 11.2. The van der Waals surface area contributed by atoms with Gasteiger partial charge in [-0.3, -0.25) is 9.69 Å². The van der Waals surface area contributed by atoms with Crippen molar-refractivity contribution < 1.29 is 9.90 Å². The third-order valence-electron chi connectivity index (χ3n) is 4.64. The molecular weight excluding hydrogens is 238 g/mol. The third kappa shape index (κ3) is 2.66. The van der Waals surface area contributed by atoms with Crippen LogP contribution in [0.2, 0.25) is 0 Å². The lowest BCUT2D eigenvalue weighted by Gasteiger charge is -2.39. The van der Waals surface area contributed by atoms with Crippen LogP contribution < -0.4 is 0 Å². The molecule has 0 spiro atoms. The highest BCUT2D eigenvalue weighted by Gasteiger charge is 2.31. The van der Waals surface area contributed by atoms with Gasteiger partial charge in [0.1, 0.15) is 0 Å². The number of carbonyl (C=O) groups is 1. The van der Waals surface area contributed by atoms with Crippen molar-refractivity contribution in [2.75, 3.05) is 13.1 Å². The van der Waals surface area contributed by atoms with Crippen molar-refractivity contribution >= 4 is 5.97 Å². The van der Waals surface area contributed by atoms with Crippen LogP contribution in [-0.2, 0) is 17.6 Å². The van der Waals surface area contributed by atoms with E-state index in [-0.39, 0.29) is 5.92 Å². The summed E-state index contributed by atoms with van der Waals surface area (Å²) >= 11 is 0. The first-order valence-corrected chi connectivity index (χ1v) is 7.27. The smallest absolute Gasteiger partial charge is 0.307 e. The van der Waals surface area contributed by atoms with Crippen molar-refractivity contribution in [2.45, 2.75) is 38.1 Å². The van der Waals surface area contributed by atoms with Gasteiger partial charge in [-0.05, 0) is 49.8 Å². The SMILES string of the molecule is O=C(O)C1CCCN(C2CCc3ccccc3C2)C1. The van der Waals surface area contributed by atoms with E-state index in [9.17, 15) is 9.90 Å². The van der Waals surface area contributed by atoms with Crippen LogP contribution in [0.5, 0.6) is 0 Å². The quantitative estimate of drug-likeness (QED) is 0.886. The molecule has 0 saturated carbocycles. The Bertz CT molecular complexity index is 472. The van der Waals surface area contributed by atoms with E-state index in [4.69, 9.17) is 0 Å². The minimum atomic E-state index is -0.624. The molecular formula is C16H21NO2. The second-order valence-electron chi connectivity index (χ2n) is 5.84. The molecule has 19 heavy (non-hydrogen) atoms. The first-order valence-electron chi connectivity index (χ1n) is 7.27. The number of rotatable bonds is 2. The lowest BCUT2D eigenvalue weighted by Crippen LogP contribution is -2.46. The van der Waals surface area contributed by atoms with Crippen molar-refractivity contribution in [2.24, 2.45) is 5.92 Å². The number of piperidine rings is 1. The largest absolute Gasteiger partial charge is 0.481 e. The van der Waals surface area contributed by atoms with Crippen molar-refractivity contribution in [3.05, 3.63) is 35.4 Å². The summed E-state index contributed by atoms with van der Waals surface area (Å²) in [6, 6.07) is 9.21. The number of carboxylic acid groups (broad SMARTS) is 1. The Hall–Kier alpha value is -1.35. The third-order valence-corrected chi connectivity index (χ3v) is 4.64. The van der Waals surface area contributed by atoms with E-state index < -0.39 is 5.97 Å². The normalized spacial score (nSPS) is 27.8. The van der Waals surface area contributed by atoms with E-state index >= 15 is 0 Å². The molecule has 1 fully saturated rings. The minimum absolute atomic E-state index is 0.161. The summed E-state index contributed by atoms with van der Waals surface area (Å²) < 4.78 is 0. The molecule has 1 aromatic carbocycles. The fourth-order valence-corrected chi connectivity index (χ4v) is 3.53. The van der Waals surface area contributed by atoms with Crippen LogP contribution in [0.1, 0.15) is 30.4 Å². The van der Waals surface area contributed by atoms with Crippen LogP contribution in [0, 0.1) is 5.92 Å². The topological polar surface area (TPSA) is 40.5 Å². The number of likely N-dealkylation sites (tertiary alicyclic amines) is 1. The molecule has 2 aliphatic rings. The first kappa shape index (κ1) is 12.7. The molecule has 1 N–H and O–H groups in total. The van der Waals surface area contributed by atoms with Crippen LogP contribution in [0.4, 0.5) is 0 Å². The Kier molecular flexibility index (Phi) is 3.56. The molecule has 0 bridgehead atoms. The van der Waals surface area contributed by atoms with Gasteiger partial charge in [0.25, 0.3) is 0 Å². The number of carboxylic acids is 1. The summed E-state index contributed by atoms with van der Waals surface area (Å²) in [7, 11) is 0. The van der Waals surface area contributed by atoms with Gasteiger partial charge in [-0.2, -0.15) is 0 Å². The van der Waals surface area contributed by atoms with Gasteiger partial charge in [0.15, 0.2) is 0 Å². The van der Waals surface area contributed by atoms with Crippen LogP contribution >= 0.6 is 0 Å². The highest BCUT2D eigenvalue weighted by molar-refractivity contribution is 5.70. The molecule has 0 amide bonds. The second-order valence-corrected chi connectivity index (χ2v) is 5.84. The number of hydrogen-bond acceptors (Lipinski definition) is 2. The van der Waals surface area contributed by atoms with E-state index in [2.05, 4.69) is 29.2 Å². The number of aliphatic carboxylic acids is 1. The average Bonchev–Trinajstić information content (AvgIpc) is 2.47. The standard InChI is InChI=1S/C16H21NO2/c18-16(19)14-6-3-9-17(11-14)15-8-7-12-4-1-2-5-13(12)10-15/h1-2,4-5,14-15H,3,6-11H2,(H,18,19). The molecule has 0 aromatic heterocycles. The zero-order chi connectivity index (χ0) is 13.2. The monoisotopic (exact) mass is 259 g/mol. The number of nitrogens with zero attached hydrogens (tertiary/aromatic N) is 1. The van der Waals surface area contributed by atoms with E-state index in [0.29, 0.717) is 6.04 Å². The van der Waals surface area contributed by atoms with Gasteiger partial charge in [0.05, 0.1) is 5.92 Å². The van der Waals surface area contributed by atoms with Crippen LogP contribution in [0.25, 0.3) is 0 Å². The highest BCUT2D eigenvalue weighted by atomic mass is 16.4. The number of fused-ring (bicyclic) bond motifs is 1. The van der Waals surface area contributed by atoms with Crippen molar-refractivity contribution in [1.82, 2.24) is 4.90 Å². The molecule has 3 heteroatoms. The molecule has 2 unspecified atom stereocenters. The van der Waals surface area contributed by atoms with E-state index in [1.165, 1.54) is 17.5 Å². The molecule has 1 heterocycles. The Morgan fingerprint density at radius 2 is 2.00 bits per heavy atom. The van der Waals surface area contributed by atoms with Crippen molar-refractivity contribution in [1.29, 1.82) is 0 Å². The number of hydrogen-bond donors (Lipinski definition) is 1. The van der Waals surface area contributed by atoms with Gasteiger partial charge in [-0.1, -0.05) is 24.3 Å². The highest BCUT2D eigenvalue weighted by Crippen LogP contribution is 2.27. The fraction of sp³-hybridized carbons (Fsp3) is 0.562. The molecule has 1 aliphatic carbocycles. The van der Waals surface area contributed by atoms with Gasteiger partial charge >= 0.3 is 5.97 Å².